The van der Waals surface area contributed by atoms with Gasteiger partial charge in [-0.05, 0) is 13.0 Å². The first-order valence-corrected chi connectivity index (χ1v) is 10.7. The van der Waals surface area contributed by atoms with E-state index in [-0.39, 0.29) is 31.3 Å². The number of aromatic nitrogens is 3. The number of hydrogen-bond acceptors (Lipinski definition) is 7. The number of amides is 2. The summed E-state index contributed by atoms with van der Waals surface area (Å²) in [6.45, 7) is 3.35. The topological polar surface area (TPSA) is 101 Å². The van der Waals surface area contributed by atoms with Crippen LogP contribution in [0.2, 0.25) is 0 Å². The highest BCUT2D eigenvalue weighted by molar-refractivity contribution is 7.16. The molecule has 4 rings (SSSR count). The lowest BCUT2D eigenvalue weighted by molar-refractivity contribution is -0.134. The molecular formula is C20H23FN6O3S. The molecule has 1 fully saturated rings. The van der Waals surface area contributed by atoms with E-state index >= 15 is 0 Å². The van der Waals surface area contributed by atoms with Gasteiger partial charge in [0, 0.05) is 31.3 Å². The molecule has 2 amide bonds. The van der Waals surface area contributed by atoms with Gasteiger partial charge in [-0.2, -0.15) is 5.10 Å². The third kappa shape index (κ3) is 4.83. The Balaban J connectivity index is 1.38. The van der Waals surface area contributed by atoms with E-state index < -0.39 is 11.9 Å². The molecule has 0 aliphatic carbocycles. The van der Waals surface area contributed by atoms with E-state index in [9.17, 15) is 14.0 Å². The molecule has 0 unspecified atom stereocenters. The van der Waals surface area contributed by atoms with Gasteiger partial charge in [-0.15, -0.1) is 0 Å². The van der Waals surface area contributed by atoms with Gasteiger partial charge in [0.15, 0.2) is 0 Å². The summed E-state index contributed by atoms with van der Waals surface area (Å²) in [5.41, 5.74) is 1.14. The number of halogens is 1. The molecule has 3 aromatic rings. The number of piperazine rings is 1. The third-order valence-electron chi connectivity index (χ3n) is 5.11. The van der Waals surface area contributed by atoms with Crippen LogP contribution >= 0.6 is 11.3 Å². The van der Waals surface area contributed by atoms with Crippen LogP contribution in [0, 0.1) is 12.7 Å². The van der Waals surface area contributed by atoms with Gasteiger partial charge in [0.05, 0.1) is 38.0 Å². The normalized spacial score (nSPS) is 17.0. The highest BCUT2D eigenvalue weighted by atomic mass is 32.1. The van der Waals surface area contributed by atoms with Gasteiger partial charge in [0.1, 0.15) is 16.6 Å². The first kappa shape index (κ1) is 21.2. The van der Waals surface area contributed by atoms with Gasteiger partial charge < -0.3 is 15.4 Å². The van der Waals surface area contributed by atoms with Crippen LogP contribution in [0.3, 0.4) is 0 Å². The smallest absolute Gasteiger partial charge is 0.237 e. The summed E-state index contributed by atoms with van der Waals surface area (Å²) in [5, 5.41) is 10.8. The molecule has 2 aromatic heterocycles. The Labute approximate surface area is 182 Å². The molecule has 0 spiro atoms. The quantitative estimate of drug-likeness (QED) is 0.567. The Morgan fingerprint density at radius 2 is 2.29 bits per heavy atom. The lowest BCUT2D eigenvalue weighted by atomic mass is 10.1. The maximum absolute atomic E-state index is 14.4. The van der Waals surface area contributed by atoms with E-state index in [4.69, 9.17) is 4.74 Å². The summed E-state index contributed by atoms with van der Waals surface area (Å²) in [6, 6.07) is 3.95. The lowest BCUT2D eigenvalue weighted by Crippen LogP contribution is -2.56. The Hall–Kier alpha value is -3.05. The van der Waals surface area contributed by atoms with Crippen molar-refractivity contribution >= 4 is 28.1 Å². The number of hydrogen-bond donors (Lipinski definition) is 2. The first-order valence-electron chi connectivity index (χ1n) is 9.85. The first-order chi connectivity index (χ1) is 14.9. The highest BCUT2D eigenvalue weighted by Gasteiger charge is 2.32. The van der Waals surface area contributed by atoms with Crippen LogP contribution in [0.1, 0.15) is 22.7 Å². The summed E-state index contributed by atoms with van der Waals surface area (Å²) >= 11 is 1.47. The number of nitrogens with zero attached hydrogens (tertiary/aromatic N) is 4. The summed E-state index contributed by atoms with van der Waals surface area (Å²) < 4.78 is 21.1. The highest BCUT2D eigenvalue weighted by Crippen LogP contribution is 2.20. The van der Waals surface area contributed by atoms with E-state index in [2.05, 4.69) is 20.7 Å². The average molecular weight is 447 g/mol. The van der Waals surface area contributed by atoms with Crippen LogP contribution in [0.5, 0.6) is 5.75 Å². The molecule has 3 heterocycles. The fourth-order valence-electron chi connectivity index (χ4n) is 3.54. The molecule has 2 N–H and O–H groups in total. The van der Waals surface area contributed by atoms with E-state index in [1.807, 2.05) is 11.8 Å². The summed E-state index contributed by atoms with van der Waals surface area (Å²) in [4.78, 5) is 32.0. The molecule has 31 heavy (non-hydrogen) atoms. The molecule has 9 nitrogen and oxygen atoms in total. The van der Waals surface area contributed by atoms with Crippen molar-refractivity contribution in [1.82, 2.24) is 30.1 Å². The zero-order chi connectivity index (χ0) is 22.0. The monoisotopic (exact) mass is 446 g/mol. The number of ether oxygens (including phenoxy) is 1. The Kier molecular flexibility index (Phi) is 6.14. The number of methoxy groups -OCH3 is 1. The van der Waals surface area contributed by atoms with Crippen molar-refractivity contribution in [3.05, 3.63) is 46.5 Å². The number of carbonyl (C=O) groups excluding carboxylic acids is 2. The largest absolute Gasteiger partial charge is 0.497 e. The molecular weight excluding hydrogens is 423 g/mol. The van der Waals surface area contributed by atoms with E-state index in [1.165, 1.54) is 24.5 Å². The number of imidazole rings is 1. The van der Waals surface area contributed by atoms with Crippen molar-refractivity contribution in [3.63, 3.8) is 0 Å². The average Bonchev–Trinajstić information content (AvgIpc) is 3.27. The predicted octanol–water partition coefficient (Wildman–Crippen LogP) is 1.25. The number of aryl methyl sites for hydroxylation is 1. The van der Waals surface area contributed by atoms with Gasteiger partial charge in [-0.25, -0.2) is 13.9 Å². The van der Waals surface area contributed by atoms with Crippen molar-refractivity contribution < 1.29 is 18.7 Å². The van der Waals surface area contributed by atoms with Crippen molar-refractivity contribution in [3.8, 4) is 5.75 Å². The second-order valence-electron chi connectivity index (χ2n) is 7.30. The van der Waals surface area contributed by atoms with Crippen LogP contribution in [-0.2, 0) is 22.7 Å². The zero-order valence-corrected chi connectivity index (χ0v) is 18.0. The van der Waals surface area contributed by atoms with Crippen LogP contribution in [0.15, 0.2) is 24.4 Å². The standard InChI is InChI=1S/C20H23FN6O3S/c1-12-25-27-11-14(24-20(27)31-12)9-23-18(28)8-17-19(29)22-5-6-26(17)10-13-3-4-15(30-2)7-16(13)21/h3-4,7,11,17H,5-6,8-10H2,1-2H3,(H,22,29)(H,23,28)/t17-/m0/s1. The van der Waals surface area contributed by atoms with Crippen LogP contribution < -0.4 is 15.4 Å². The van der Waals surface area contributed by atoms with E-state index in [1.54, 1.807) is 22.8 Å². The van der Waals surface area contributed by atoms with Gasteiger partial charge in [0.2, 0.25) is 16.8 Å². The molecule has 0 radical (unpaired) electrons. The molecule has 1 aliphatic heterocycles. The van der Waals surface area contributed by atoms with Crippen molar-refractivity contribution in [2.45, 2.75) is 32.5 Å². The Morgan fingerprint density at radius 3 is 3.03 bits per heavy atom. The zero-order valence-electron chi connectivity index (χ0n) is 17.2. The lowest BCUT2D eigenvalue weighted by Gasteiger charge is -2.34. The molecule has 0 bridgehead atoms. The number of carbonyl (C=O) groups is 2. The summed E-state index contributed by atoms with van der Waals surface area (Å²) in [6.07, 6.45) is 1.74. The van der Waals surface area contributed by atoms with Gasteiger partial charge in [0.25, 0.3) is 0 Å². The number of nitrogens with one attached hydrogen (secondary N) is 2. The SMILES string of the molecule is COc1ccc(CN2CCNC(=O)[C@@H]2CC(=O)NCc2cn3nc(C)sc3n2)c(F)c1. The van der Waals surface area contributed by atoms with Crippen LogP contribution in [0.4, 0.5) is 4.39 Å². The third-order valence-corrected chi connectivity index (χ3v) is 5.95. The number of benzene rings is 1. The summed E-state index contributed by atoms with van der Waals surface area (Å²) in [7, 11) is 1.47. The second kappa shape index (κ2) is 8.98. The fraction of sp³-hybridized carbons (Fsp3) is 0.400. The van der Waals surface area contributed by atoms with Crippen molar-refractivity contribution in [1.29, 1.82) is 0 Å². The second-order valence-corrected chi connectivity index (χ2v) is 8.46. The van der Waals surface area contributed by atoms with Crippen LogP contribution in [0.25, 0.3) is 4.96 Å². The maximum Gasteiger partial charge on any atom is 0.237 e. The van der Waals surface area contributed by atoms with Gasteiger partial charge in [-0.1, -0.05) is 17.4 Å². The van der Waals surface area contributed by atoms with Gasteiger partial charge in [-0.3, -0.25) is 14.5 Å². The molecule has 1 saturated heterocycles. The molecule has 1 aromatic carbocycles. The molecule has 1 atom stereocenters. The minimum Gasteiger partial charge on any atom is -0.497 e. The van der Waals surface area contributed by atoms with Gasteiger partial charge >= 0.3 is 0 Å². The Bertz CT molecular complexity index is 1080. The van der Waals surface area contributed by atoms with Crippen molar-refractivity contribution in [2.24, 2.45) is 0 Å². The minimum atomic E-state index is -0.676. The Morgan fingerprint density at radius 1 is 1.45 bits per heavy atom. The number of fused-ring (bicyclic) bond motifs is 1. The van der Waals surface area contributed by atoms with Crippen LogP contribution in [-0.4, -0.2) is 57.6 Å². The molecule has 0 saturated carbocycles. The minimum absolute atomic E-state index is 0.0246. The van der Waals surface area contributed by atoms with Crippen molar-refractivity contribution in [2.75, 3.05) is 20.2 Å². The van der Waals surface area contributed by atoms with E-state index in [0.717, 1.165) is 9.97 Å². The molecule has 1 aliphatic rings. The molecule has 11 heteroatoms. The number of rotatable bonds is 7. The summed E-state index contributed by atoms with van der Waals surface area (Å²) in [5.74, 6) is -0.490. The predicted molar refractivity (Wildman–Crippen MR) is 112 cm³/mol. The maximum atomic E-state index is 14.4. The fourth-order valence-corrected chi connectivity index (χ4v) is 4.29. The molecule has 164 valence electrons. The van der Waals surface area contributed by atoms with E-state index in [0.29, 0.717) is 30.1 Å².